The lowest BCUT2D eigenvalue weighted by atomic mass is 10.1. The molecule has 0 aliphatic carbocycles. The lowest BCUT2D eigenvalue weighted by Crippen LogP contribution is -2.08. The van der Waals surface area contributed by atoms with Crippen molar-refractivity contribution in [1.82, 2.24) is 9.97 Å². The van der Waals surface area contributed by atoms with E-state index in [1.54, 1.807) is 12.1 Å². The van der Waals surface area contributed by atoms with E-state index in [0.29, 0.717) is 17.8 Å². The third kappa shape index (κ3) is 8.76. The smallest absolute Gasteiger partial charge is 0.165 e. The minimum absolute atomic E-state index is 0.142. The highest BCUT2D eigenvalue weighted by molar-refractivity contribution is 5.56. The largest absolute Gasteiger partial charge is 0.490 e. The predicted molar refractivity (Wildman–Crippen MR) is 119 cm³/mol. The summed E-state index contributed by atoms with van der Waals surface area (Å²) in [5.74, 6) is 0.163. The average Bonchev–Trinajstić information content (AvgIpc) is 2.75. The molecule has 0 aliphatic rings. The molecule has 30 heavy (non-hydrogen) atoms. The van der Waals surface area contributed by atoms with Gasteiger partial charge in [-0.15, -0.1) is 0 Å². The lowest BCUT2D eigenvalue weighted by Gasteiger charge is -2.11. The fourth-order valence-corrected chi connectivity index (χ4v) is 3.38. The maximum absolute atomic E-state index is 14.4. The van der Waals surface area contributed by atoms with E-state index in [9.17, 15) is 8.78 Å². The number of benzene rings is 1. The van der Waals surface area contributed by atoms with E-state index < -0.39 is 12.0 Å². The van der Waals surface area contributed by atoms with Crippen LogP contribution in [0.1, 0.15) is 83.6 Å². The minimum atomic E-state index is -0.891. The molecule has 0 bridgehead atoms. The number of ether oxygens (including phenoxy) is 1. The summed E-state index contributed by atoms with van der Waals surface area (Å²) in [6, 6.07) is 4.69. The second-order valence-electron chi connectivity index (χ2n) is 7.95. The normalized spacial score (nSPS) is 12.1. The van der Waals surface area contributed by atoms with Crippen LogP contribution >= 0.6 is 0 Å². The number of halogens is 2. The molecular formula is C25H36F2N2O. The maximum Gasteiger partial charge on any atom is 0.165 e. The van der Waals surface area contributed by atoms with Gasteiger partial charge in [-0.05, 0) is 43.0 Å². The van der Waals surface area contributed by atoms with E-state index >= 15 is 0 Å². The highest BCUT2D eigenvalue weighted by atomic mass is 19.1. The Hall–Kier alpha value is -2.04. The number of hydrogen-bond acceptors (Lipinski definition) is 3. The summed E-state index contributed by atoms with van der Waals surface area (Å²) in [6.07, 6.45) is 13.7. The summed E-state index contributed by atoms with van der Waals surface area (Å²) >= 11 is 0. The third-order valence-electron chi connectivity index (χ3n) is 5.27. The number of alkyl halides is 1. The molecule has 0 N–H and O–H groups in total. The van der Waals surface area contributed by atoms with Gasteiger partial charge < -0.3 is 4.74 Å². The summed E-state index contributed by atoms with van der Waals surface area (Å²) in [5, 5.41) is 0. The van der Waals surface area contributed by atoms with Gasteiger partial charge in [-0.1, -0.05) is 58.8 Å². The first-order valence-electron chi connectivity index (χ1n) is 11.5. The molecule has 5 heteroatoms. The zero-order valence-corrected chi connectivity index (χ0v) is 18.5. The van der Waals surface area contributed by atoms with Crippen molar-refractivity contribution in [3.8, 4) is 17.1 Å². The van der Waals surface area contributed by atoms with Crippen LogP contribution < -0.4 is 4.74 Å². The summed E-state index contributed by atoms with van der Waals surface area (Å²) in [7, 11) is 0. The molecular weight excluding hydrogens is 382 g/mol. The molecule has 1 aromatic carbocycles. The monoisotopic (exact) mass is 418 g/mol. The number of unbranched alkanes of at least 4 members (excludes halogenated alkanes) is 6. The summed E-state index contributed by atoms with van der Waals surface area (Å²) in [5.41, 5.74) is 1.72. The van der Waals surface area contributed by atoms with E-state index in [-0.39, 0.29) is 18.8 Å². The topological polar surface area (TPSA) is 35.0 Å². The first kappa shape index (κ1) is 24.2. The van der Waals surface area contributed by atoms with Crippen LogP contribution in [-0.2, 0) is 6.42 Å². The van der Waals surface area contributed by atoms with Crippen LogP contribution in [-0.4, -0.2) is 22.7 Å². The van der Waals surface area contributed by atoms with Crippen LogP contribution in [0.25, 0.3) is 11.4 Å². The standard InChI is InChI=1S/C25H36F2N2O/c1-3-5-7-8-10-11-20-18-28-25(29-19-20)21-13-14-24(23(27)17-21)30-16-15-22(26)12-9-6-4-2/h13-14,17-19,22H,3-12,15-16H2,1-2H3. The Kier molecular flexibility index (Phi) is 11.3. The minimum Gasteiger partial charge on any atom is -0.490 e. The number of aromatic nitrogens is 2. The Morgan fingerprint density at radius 1 is 0.900 bits per heavy atom. The van der Waals surface area contributed by atoms with Crippen LogP contribution in [0, 0.1) is 5.82 Å². The predicted octanol–water partition coefficient (Wildman–Crippen LogP) is 7.48. The van der Waals surface area contributed by atoms with Crippen molar-refractivity contribution in [3.05, 3.63) is 42.0 Å². The first-order valence-corrected chi connectivity index (χ1v) is 11.5. The van der Waals surface area contributed by atoms with Crippen LogP contribution in [0.4, 0.5) is 8.78 Å². The van der Waals surface area contributed by atoms with Crippen LogP contribution in [0.5, 0.6) is 5.75 Å². The maximum atomic E-state index is 14.4. The summed E-state index contributed by atoms with van der Waals surface area (Å²) in [6.45, 7) is 4.48. The first-order chi connectivity index (χ1) is 14.6. The van der Waals surface area contributed by atoms with E-state index in [1.165, 1.54) is 31.7 Å². The fourth-order valence-electron chi connectivity index (χ4n) is 3.38. The lowest BCUT2D eigenvalue weighted by molar-refractivity contribution is 0.218. The van der Waals surface area contributed by atoms with Crippen molar-refractivity contribution in [1.29, 1.82) is 0 Å². The number of hydrogen-bond donors (Lipinski definition) is 0. The SMILES string of the molecule is CCCCCCCc1cnc(-c2ccc(OCCC(F)CCCCC)c(F)c2)nc1. The number of aryl methyl sites for hydroxylation is 1. The second-order valence-corrected chi connectivity index (χ2v) is 7.95. The molecule has 0 radical (unpaired) electrons. The molecule has 2 rings (SSSR count). The molecule has 2 aromatic rings. The van der Waals surface area contributed by atoms with Crippen molar-refractivity contribution >= 4 is 0 Å². The van der Waals surface area contributed by atoms with Gasteiger partial charge in [0.2, 0.25) is 0 Å². The van der Waals surface area contributed by atoms with Crippen LogP contribution in [0.2, 0.25) is 0 Å². The molecule has 1 unspecified atom stereocenters. The van der Waals surface area contributed by atoms with Crippen molar-refractivity contribution in [2.75, 3.05) is 6.61 Å². The van der Waals surface area contributed by atoms with Crippen LogP contribution in [0.3, 0.4) is 0 Å². The van der Waals surface area contributed by atoms with Gasteiger partial charge in [0.05, 0.1) is 6.61 Å². The molecule has 1 aromatic heterocycles. The highest BCUT2D eigenvalue weighted by Gasteiger charge is 2.11. The van der Waals surface area contributed by atoms with E-state index in [1.807, 2.05) is 12.4 Å². The average molecular weight is 419 g/mol. The zero-order chi connectivity index (χ0) is 21.6. The van der Waals surface area contributed by atoms with Crippen LogP contribution in [0.15, 0.2) is 30.6 Å². The fraction of sp³-hybridized carbons (Fsp3) is 0.600. The Balaban J connectivity index is 1.81. The van der Waals surface area contributed by atoms with Gasteiger partial charge in [-0.25, -0.2) is 18.7 Å². The Morgan fingerprint density at radius 2 is 1.60 bits per heavy atom. The van der Waals surface area contributed by atoms with Gasteiger partial charge >= 0.3 is 0 Å². The quantitative estimate of drug-likeness (QED) is 0.281. The molecule has 0 saturated heterocycles. The molecule has 0 amide bonds. The van der Waals surface area contributed by atoms with Gasteiger partial charge in [0.1, 0.15) is 6.17 Å². The van der Waals surface area contributed by atoms with Gasteiger partial charge in [-0.2, -0.15) is 0 Å². The second kappa shape index (κ2) is 14.1. The molecule has 1 atom stereocenters. The van der Waals surface area contributed by atoms with Crippen molar-refractivity contribution in [2.24, 2.45) is 0 Å². The van der Waals surface area contributed by atoms with Gasteiger partial charge in [0, 0.05) is 24.4 Å². The molecule has 0 saturated carbocycles. The van der Waals surface area contributed by atoms with E-state index in [4.69, 9.17) is 4.74 Å². The van der Waals surface area contributed by atoms with Crippen molar-refractivity contribution < 1.29 is 13.5 Å². The van der Waals surface area contributed by atoms with Gasteiger partial charge in [-0.3, -0.25) is 0 Å². The number of nitrogens with zero attached hydrogens (tertiary/aromatic N) is 2. The Bertz CT molecular complexity index is 722. The highest BCUT2D eigenvalue weighted by Crippen LogP contribution is 2.24. The zero-order valence-electron chi connectivity index (χ0n) is 18.5. The van der Waals surface area contributed by atoms with Crippen molar-refractivity contribution in [2.45, 2.75) is 90.6 Å². The molecule has 166 valence electrons. The van der Waals surface area contributed by atoms with Gasteiger partial charge in [0.25, 0.3) is 0 Å². The van der Waals surface area contributed by atoms with Gasteiger partial charge in [0.15, 0.2) is 17.4 Å². The molecule has 1 heterocycles. The number of rotatable bonds is 15. The Morgan fingerprint density at radius 3 is 2.30 bits per heavy atom. The summed E-state index contributed by atoms with van der Waals surface area (Å²) in [4.78, 5) is 8.77. The van der Waals surface area contributed by atoms with E-state index in [0.717, 1.165) is 37.7 Å². The molecule has 0 spiro atoms. The van der Waals surface area contributed by atoms with Crippen molar-refractivity contribution in [3.63, 3.8) is 0 Å². The Labute approximate surface area is 180 Å². The third-order valence-corrected chi connectivity index (χ3v) is 5.27. The molecule has 0 fully saturated rings. The van der Waals surface area contributed by atoms with E-state index in [2.05, 4.69) is 23.8 Å². The summed E-state index contributed by atoms with van der Waals surface area (Å²) < 4.78 is 33.6. The molecule has 0 aliphatic heterocycles. The molecule has 3 nitrogen and oxygen atoms in total.